The molecule has 1 fully saturated rings. The first-order chi connectivity index (χ1) is 11.4. The molecule has 0 aromatic heterocycles. The second-order valence-corrected chi connectivity index (χ2v) is 6.46. The molecular weight excluding hydrogens is 310 g/mol. The lowest BCUT2D eigenvalue weighted by Crippen LogP contribution is -2.39. The SMILES string of the molecule is CCC(CC)(CO)CNC(=O)c1ccc(NC2CC2)c([N+](=O)[O-])c1. The third kappa shape index (κ3) is 4.23. The van der Waals surface area contributed by atoms with Crippen molar-refractivity contribution in [2.75, 3.05) is 18.5 Å². The van der Waals surface area contributed by atoms with Gasteiger partial charge in [0, 0.05) is 29.6 Å². The molecule has 132 valence electrons. The molecule has 0 aliphatic heterocycles. The molecule has 1 aliphatic carbocycles. The number of carbonyl (C=O) groups is 1. The lowest BCUT2D eigenvalue weighted by Gasteiger charge is -2.29. The van der Waals surface area contributed by atoms with Crippen molar-refractivity contribution < 1.29 is 14.8 Å². The number of amides is 1. The van der Waals surface area contributed by atoms with Gasteiger partial charge >= 0.3 is 0 Å². The molecule has 1 aromatic rings. The van der Waals surface area contributed by atoms with E-state index in [9.17, 15) is 20.0 Å². The first-order valence-corrected chi connectivity index (χ1v) is 8.38. The lowest BCUT2D eigenvalue weighted by atomic mass is 9.83. The molecule has 1 aromatic carbocycles. The molecule has 1 saturated carbocycles. The zero-order valence-corrected chi connectivity index (χ0v) is 14.2. The number of nitro groups is 1. The maximum absolute atomic E-state index is 12.3. The van der Waals surface area contributed by atoms with Crippen LogP contribution >= 0.6 is 0 Å². The number of hydrogen-bond acceptors (Lipinski definition) is 5. The molecule has 24 heavy (non-hydrogen) atoms. The summed E-state index contributed by atoms with van der Waals surface area (Å²) in [5.74, 6) is -0.365. The number of aliphatic hydroxyl groups excluding tert-OH is 1. The Bertz CT molecular complexity index is 602. The van der Waals surface area contributed by atoms with Gasteiger partial charge in [-0.3, -0.25) is 14.9 Å². The van der Waals surface area contributed by atoms with Crippen LogP contribution in [-0.4, -0.2) is 35.1 Å². The van der Waals surface area contributed by atoms with E-state index >= 15 is 0 Å². The fraction of sp³-hybridized carbons (Fsp3) is 0.588. The number of nitrogens with one attached hydrogen (secondary N) is 2. The smallest absolute Gasteiger partial charge is 0.293 e. The summed E-state index contributed by atoms with van der Waals surface area (Å²) in [6.07, 6.45) is 3.50. The number of nitro benzene ring substituents is 1. The van der Waals surface area contributed by atoms with Gasteiger partial charge < -0.3 is 15.7 Å². The first kappa shape index (κ1) is 18.2. The van der Waals surface area contributed by atoms with Crippen molar-refractivity contribution in [3.8, 4) is 0 Å². The van der Waals surface area contributed by atoms with E-state index in [1.54, 1.807) is 12.1 Å². The average Bonchev–Trinajstić information content (AvgIpc) is 3.40. The quantitative estimate of drug-likeness (QED) is 0.475. The van der Waals surface area contributed by atoms with Gasteiger partial charge in [0.25, 0.3) is 11.6 Å². The van der Waals surface area contributed by atoms with Gasteiger partial charge in [-0.2, -0.15) is 0 Å². The highest BCUT2D eigenvalue weighted by molar-refractivity contribution is 5.95. The molecule has 0 atom stereocenters. The molecule has 1 amide bonds. The molecule has 0 heterocycles. The monoisotopic (exact) mass is 335 g/mol. The van der Waals surface area contributed by atoms with Gasteiger partial charge in [0.1, 0.15) is 5.69 Å². The van der Waals surface area contributed by atoms with Crippen molar-refractivity contribution in [1.29, 1.82) is 0 Å². The van der Waals surface area contributed by atoms with Crippen LogP contribution in [0.5, 0.6) is 0 Å². The molecule has 3 N–H and O–H groups in total. The Balaban J connectivity index is 2.11. The summed E-state index contributed by atoms with van der Waals surface area (Å²) in [7, 11) is 0. The number of nitrogens with zero attached hydrogens (tertiary/aromatic N) is 1. The van der Waals surface area contributed by atoms with Crippen LogP contribution in [0, 0.1) is 15.5 Å². The van der Waals surface area contributed by atoms with Gasteiger partial charge in [0.05, 0.1) is 11.5 Å². The van der Waals surface area contributed by atoms with Gasteiger partial charge in [0.15, 0.2) is 0 Å². The van der Waals surface area contributed by atoms with Crippen LogP contribution in [0.25, 0.3) is 0 Å². The summed E-state index contributed by atoms with van der Waals surface area (Å²) >= 11 is 0. The average molecular weight is 335 g/mol. The number of benzene rings is 1. The molecule has 7 nitrogen and oxygen atoms in total. The third-order valence-electron chi connectivity index (χ3n) is 4.85. The summed E-state index contributed by atoms with van der Waals surface area (Å²) in [5.41, 5.74) is 0.261. The highest BCUT2D eigenvalue weighted by Crippen LogP contribution is 2.31. The Morgan fingerprint density at radius 1 is 1.38 bits per heavy atom. The summed E-state index contributed by atoms with van der Waals surface area (Å²) in [6.45, 7) is 4.26. The zero-order chi connectivity index (χ0) is 17.7. The topological polar surface area (TPSA) is 104 Å². The Kier molecular flexibility index (Phi) is 5.77. The van der Waals surface area contributed by atoms with Crippen LogP contribution < -0.4 is 10.6 Å². The molecule has 0 radical (unpaired) electrons. The van der Waals surface area contributed by atoms with Crippen LogP contribution in [0.3, 0.4) is 0 Å². The molecule has 0 saturated heterocycles. The number of aliphatic hydroxyl groups is 1. The van der Waals surface area contributed by atoms with Gasteiger partial charge in [0.2, 0.25) is 0 Å². The van der Waals surface area contributed by atoms with Crippen molar-refractivity contribution in [1.82, 2.24) is 5.32 Å². The van der Waals surface area contributed by atoms with E-state index in [4.69, 9.17) is 0 Å². The van der Waals surface area contributed by atoms with E-state index in [1.165, 1.54) is 6.07 Å². The first-order valence-electron chi connectivity index (χ1n) is 8.38. The lowest BCUT2D eigenvalue weighted by molar-refractivity contribution is -0.384. The summed E-state index contributed by atoms with van der Waals surface area (Å²) in [5, 5.41) is 26.7. The van der Waals surface area contributed by atoms with E-state index in [0.717, 1.165) is 25.7 Å². The van der Waals surface area contributed by atoms with Gasteiger partial charge in [-0.15, -0.1) is 0 Å². The second kappa shape index (κ2) is 7.61. The Hall–Kier alpha value is -2.15. The minimum atomic E-state index is -0.475. The standard InChI is InChI=1S/C17H25N3O4/c1-3-17(4-2,11-21)10-18-16(22)12-5-8-14(19-13-6-7-13)15(9-12)20(23)24/h5,8-9,13,19,21H,3-4,6-7,10-11H2,1-2H3,(H,18,22). The third-order valence-corrected chi connectivity index (χ3v) is 4.85. The van der Waals surface area contributed by atoms with Crippen molar-refractivity contribution in [3.05, 3.63) is 33.9 Å². The summed E-state index contributed by atoms with van der Waals surface area (Å²) in [4.78, 5) is 23.1. The fourth-order valence-corrected chi connectivity index (χ4v) is 2.54. The van der Waals surface area contributed by atoms with Gasteiger partial charge in [-0.1, -0.05) is 13.8 Å². The van der Waals surface area contributed by atoms with Crippen molar-refractivity contribution in [2.45, 2.75) is 45.6 Å². The Morgan fingerprint density at radius 2 is 2.04 bits per heavy atom. The van der Waals surface area contributed by atoms with Crippen LogP contribution in [-0.2, 0) is 0 Å². The number of carbonyl (C=O) groups excluding carboxylic acids is 1. The molecule has 0 spiro atoms. The molecule has 1 aliphatic rings. The minimum absolute atomic E-state index is 0.00925. The van der Waals surface area contributed by atoms with Gasteiger partial charge in [-0.05, 0) is 37.8 Å². The number of hydrogen-bond donors (Lipinski definition) is 3. The fourth-order valence-electron chi connectivity index (χ4n) is 2.54. The van der Waals surface area contributed by atoms with E-state index in [-0.39, 0.29) is 29.2 Å². The number of anilines is 1. The van der Waals surface area contributed by atoms with Crippen molar-refractivity contribution in [3.63, 3.8) is 0 Å². The molecule has 7 heteroatoms. The Morgan fingerprint density at radius 3 is 2.54 bits per heavy atom. The van der Waals surface area contributed by atoms with Crippen molar-refractivity contribution >= 4 is 17.3 Å². The largest absolute Gasteiger partial charge is 0.396 e. The minimum Gasteiger partial charge on any atom is -0.396 e. The normalized spacial score (nSPS) is 14.3. The Labute approximate surface area is 141 Å². The van der Waals surface area contributed by atoms with E-state index < -0.39 is 4.92 Å². The van der Waals surface area contributed by atoms with Gasteiger partial charge in [-0.25, -0.2) is 0 Å². The predicted octanol–water partition coefficient (Wildman–Crippen LogP) is 2.70. The highest BCUT2D eigenvalue weighted by atomic mass is 16.6. The highest BCUT2D eigenvalue weighted by Gasteiger charge is 2.28. The van der Waals surface area contributed by atoms with Crippen LogP contribution in [0.2, 0.25) is 0 Å². The maximum atomic E-state index is 12.3. The summed E-state index contributed by atoms with van der Waals surface area (Å²) in [6, 6.07) is 4.77. The van der Waals surface area contributed by atoms with E-state index in [1.807, 2.05) is 13.8 Å². The van der Waals surface area contributed by atoms with Crippen LogP contribution in [0.1, 0.15) is 49.9 Å². The van der Waals surface area contributed by atoms with E-state index in [0.29, 0.717) is 18.3 Å². The van der Waals surface area contributed by atoms with Crippen LogP contribution in [0.15, 0.2) is 18.2 Å². The van der Waals surface area contributed by atoms with Crippen molar-refractivity contribution in [2.24, 2.45) is 5.41 Å². The molecule has 2 rings (SSSR count). The molecular formula is C17H25N3O4. The summed E-state index contributed by atoms with van der Waals surface area (Å²) < 4.78 is 0. The number of rotatable bonds is 9. The second-order valence-electron chi connectivity index (χ2n) is 6.46. The van der Waals surface area contributed by atoms with E-state index in [2.05, 4.69) is 10.6 Å². The zero-order valence-electron chi connectivity index (χ0n) is 14.2. The molecule has 0 unspecified atom stereocenters. The predicted molar refractivity (Wildman–Crippen MR) is 92.2 cm³/mol. The molecule has 0 bridgehead atoms. The maximum Gasteiger partial charge on any atom is 0.293 e. The van der Waals surface area contributed by atoms with Crippen LogP contribution in [0.4, 0.5) is 11.4 Å².